The van der Waals surface area contributed by atoms with E-state index in [0.29, 0.717) is 12.3 Å². The maximum absolute atomic E-state index is 13.0. The van der Waals surface area contributed by atoms with E-state index in [0.717, 1.165) is 23.4 Å². The second-order valence-electron chi connectivity index (χ2n) is 7.01. The van der Waals surface area contributed by atoms with Crippen LogP contribution in [0.15, 0.2) is 65.4 Å². The van der Waals surface area contributed by atoms with E-state index in [1.807, 2.05) is 35.4 Å². The third-order valence-corrected chi connectivity index (χ3v) is 5.19. The Morgan fingerprint density at radius 3 is 2.75 bits per heavy atom. The average molecular weight is 377 g/mol. The molecule has 1 aliphatic heterocycles. The molecule has 1 aromatic carbocycles. The average Bonchev–Trinajstić information content (AvgIpc) is 3.37. The predicted octanol–water partition coefficient (Wildman–Crippen LogP) is 3.03. The van der Waals surface area contributed by atoms with Crippen LogP contribution >= 0.6 is 0 Å². The molecule has 6 heteroatoms. The molecule has 1 atom stereocenters. The molecule has 3 aromatic rings. The number of fused-ring (bicyclic) bond motifs is 1. The fourth-order valence-electron chi connectivity index (χ4n) is 3.77. The summed E-state index contributed by atoms with van der Waals surface area (Å²) in [4.78, 5) is 27.1. The summed E-state index contributed by atoms with van der Waals surface area (Å²) in [5, 5.41) is 2.75. The van der Waals surface area contributed by atoms with E-state index in [-0.39, 0.29) is 30.8 Å². The van der Waals surface area contributed by atoms with Crippen LogP contribution < -0.4 is 5.32 Å². The van der Waals surface area contributed by atoms with Crippen molar-refractivity contribution in [1.82, 2.24) is 14.8 Å². The fourth-order valence-corrected chi connectivity index (χ4v) is 3.77. The summed E-state index contributed by atoms with van der Waals surface area (Å²) < 4.78 is 7.39. The van der Waals surface area contributed by atoms with Crippen LogP contribution in [0.5, 0.6) is 0 Å². The maximum Gasteiger partial charge on any atom is 0.232 e. The van der Waals surface area contributed by atoms with Crippen molar-refractivity contribution in [3.8, 4) is 0 Å². The van der Waals surface area contributed by atoms with Gasteiger partial charge in [-0.05, 0) is 42.3 Å². The number of aromatic nitrogens is 1. The van der Waals surface area contributed by atoms with Crippen molar-refractivity contribution in [3.05, 3.63) is 83.6 Å². The molecule has 28 heavy (non-hydrogen) atoms. The van der Waals surface area contributed by atoms with Crippen LogP contribution in [0.2, 0.25) is 0 Å². The number of rotatable bonds is 5. The van der Waals surface area contributed by atoms with Crippen molar-refractivity contribution >= 4 is 11.8 Å². The van der Waals surface area contributed by atoms with Gasteiger partial charge in [0.2, 0.25) is 11.8 Å². The monoisotopic (exact) mass is 377 g/mol. The summed E-state index contributed by atoms with van der Waals surface area (Å²) in [6, 6.07) is 15.5. The van der Waals surface area contributed by atoms with Gasteiger partial charge >= 0.3 is 0 Å². The van der Waals surface area contributed by atoms with Crippen molar-refractivity contribution in [1.29, 1.82) is 0 Å². The quantitative estimate of drug-likeness (QED) is 0.695. The molecule has 0 aliphatic carbocycles. The lowest BCUT2D eigenvalue weighted by Crippen LogP contribution is -2.44. The molecule has 0 radical (unpaired) electrons. The minimum Gasteiger partial charge on any atom is -0.467 e. The highest BCUT2D eigenvalue weighted by Gasteiger charge is 2.33. The number of aryl methyl sites for hydroxylation is 1. The molecule has 0 saturated carbocycles. The van der Waals surface area contributed by atoms with Gasteiger partial charge in [0.1, 0.15) is 12.2 Å². The van der Waals surface area contributed by atoms with Gasteiger partial charge < -0.3 is 19.2 Å². The Kier molecular flexibility index (Phi) is 5.02. The summed E-state index contributed by atoms with van der Waals surface area (Å²) in [6.45, 7) is 3.63. The van der Waals surface area contributed by atoms with Crippen molar-refractivity contribution in [2.45, 2.75) is 32.5 Å². The van der Waals surface area contributed by atoms with Crippen molar-refractivity contribution < 1.29 is 14.0 Å². The topological polar surface area (TPSA) is 67.5 Å². The molecule has 3 heterocycles. The fraction of sp³-hybridized carbons (Fsp3) is 0.273. The molecule has 1 aliphatic rings. The first-order valence-corrected chi connectivity index (χ1v) is 9.42. The van der Waals surface area contributed by atoms with Crippen molar-refractivity contribution in [2.24, 2.45) is 0 Å². The minimum atomic E-state index is -0.300. The Labute approximate surface area is 163 Å². The van der Waals surface area contributed by atoms with Gasteiger partial charge in [-0.3, -0.25) is 9.59 Å². The lowest BCUT2D eigenvalue weighted by molar-refractivity contribution is -0.138. The SMILES string of the molecule is Cc1ccccc1C1c2cccn2CCN1C(=O)CC(=O)NCc1ccco1. The lowest BCUT2D eigenvalue weighted by atomic mass is 9.95. The molecule has 144 valence electrons. The van der Waals surface area contributed by atoms with E-state index in [1.165, 1.54) is 0 Å². The third-order valence-electron chi connectivity index (χ3n) is 5.19. The number of benzene rings is 1. The summed E-state index contributed by atoms with van der Waals surface area (Å²) in [7, 11) is 0. The normalized spacial score (nSPS) is 15.9. The number of nitrogens with zero attached hydrogens (tertiary/aromatic N) is 2. The van der Waals surface area contributed by atoms with E-state index in [2.05, 4.69) is 28.9 Å². The molecular formula is C22H23N3O3. The van der Waals surface area contributed by atoms with E-state index in [9.17, 15) is 9.59 Å². The number of nitrogens with one attached hydrogen (secondary N) is 1. The van der Waals surface area contributed by atoms with Crippen LogP contribution in [0.3, 0.4) is 0 Å². The molecule has 0 bridgehead atoms. The molecule has 4 rings (SSSR count). The molecule has 0 saturated heterocycles. The van der Waals surface area contributed by atoms with E-state index >= 15 is 0 Å². The van der Waals surface area contributed by atoms with Gasteiger partial charge in [0, 0.05) is 25.0 Å². The van der Waals surface area contributed by atoms with Crippen molar-refractivity contribution in [3.63, 3.8) is 0 Å². The number of hydrogen-bond donors (Lipinski definition) is 1. The minimum absolute atomic E-state index is 0.169. The molecule has 0 spiro atoms. The first-order chi connectivity index (χ1) is 13.6. The van der Waals surface area contributed by atoms with Gasteiger partial charge in [0.05, 0.1) is 18.8 Å². The highest BCUT2D eigenvalue weighted by atomic mass is 16.3. The zero-order chi connectivity index (χ0) is 19.5. The second kappa shape index (κ2) is 7.76. The number of hydrogen-bond acceptors (Lipinski definition) is 3. The highest BCUT2D eigenvalue weighted by Crippen LogP contribution is 2.34. The van der Waals surface area contributed by atoms with Crippen LogP contribution in [-0.4, -0.2) is 27.8 Å². The Morgan fingerprint density at radius 1 is 1.11 bits per heavy atom. The largest absolute Gasteiger partial charge is 0.467 e. The predicted molar refractivity (Wildman–Crippen MR) is 104 cm³/mol. The zero-order valence-corrected chi connectivity index (χ0v) is 15.8. The number of carbonyl (C=O) groups is 2. The number of carbonyl (C=O) groups excluding carboxylic acids is 2. The van der Waals surface area contributed by atoms with Crippen LogP contribution in [0.25, 0.3) is 0 Å². The summed E-state index contributed by atoms with van der Waals surface area (Å²) in [6.07, 6.45) is 3.42. The van der Waals surface area contributed by atoms with Crippen LogP contribution in [0.4, 0.5) is 0 Å². The van der Waals surface area contributed by atoms with E-state index in [4.69, 9.17) is 4.42 Å². The standard InChI is InChI=1S/C22H23N3O3/c1-16-6-2-3-8-18(16)22-19-9-4-10-24(19)11-12-25(22)21(27)14-20(26)23-15-17-7-5-13-28-17/h2-10,13,22H,11-12,14-15H2,1H3,(H,23,26). The second-order valence-corrected chi connectivity index (χ2v) is 7.01. The van der Waals surface area contributed by atoms with Crippen LogP contribution in [0, 0.1) is 6.92 Å². The molecule has 6 nitrogen and oxygen atoms in total. The zero-order valence-electron chi connectivity index (χ0n) is 15.8. The van der Waals surface area contributed by atoms with Crippen LogP contribution in [0.1, 0.15) is 35.0 Å². The van der Waals surface area contributed by atoms with Gasteiger partial charge in [-0.15, -0.1) is 0 Å². The molecule has 2 amide bonds. The Morgan fingerprint density at radius 2 is 1.96 bits per heavy atom. The van der Waals surface area contributed by atoms with Gasteiger partial charge in [-0.2, -0.15) is 0 Å². The van der Waals surface area contributed by atoms with Gasteiger partial charge in [0.15, 0.2) is 0 Å². The molecule has 1 N–H and O–H groups in total. The number of furan rings is 1. The van der Waals surface area contributed by atoms with E-state index in [1.54, 1.807) is 18.4 Å². The highest BCUT2D eigenvalue weighted by molar-refractivity contribution is 5.97. The summed E-state index contributed by atoms with van der Waals surface area (Å²) in [5.74, 6) is 0.193. The van der Waals surface area contributed by atoms with Gasteiger partial charge in [-0.25, -0.2) is 0 Å². The number of amides is 2. The van der Waals surface area contributed by atoms with Crippen LogP contribution in [-0.2, 0) is 22.7 Å². The first kappa shape index (κ1) is 18.1. The summed E-state index contributed by atoms with van der Waals surface area (Å²) >= 11 is 0. The third kappa shape index (κ3) is 3.58. The van der Waals surface area contributed by atoms with E-state index < -0.39 is 0 Å². The smallest absolute Gasteiger partial charge is 0.232 e. The summed E-state index contributed by atoms with van der Waals surface area (Å²) in [5.41, 5.74) is 3.29. The molecule has 2 aromatic heterocycles. The van der Waals surface area contributed by atoms with Crippen molar-refractivity contribution in [2.75, 3.05) is 6.54 Å². The van der Waals surface area contributed by atoms with Gasteiger partial charge in [0.25, 0.3) is 0 Å². The van der Waals surface area contributed by atoms with Gasteiger partial charge in [-0.1, -0.05) is 24.3 Å². The Hall–Kier alpha value is -3.28. The maximum atomic E-state index is 13.0. The Bertz CT molecular complexity index is 975. The molecule has 1 unspecified atom stereocenters. The molecule has 0 fully saturated rings. The first-order valence-electron chi connectivity index (χ1n) is 9.42. The lowest BCUT2D eigenvalue weighted by Gasteiger charge is -2.38. The molecular weight excluding hydrogens is 354 g/mol. The Balaban J connectivity index is 1.52.